The highest BCUT2D eigenvalue weighted by Crippen LogP contribution is 2.38. The molecule has 0 aromatic rings. The molecule has 0 unspecified atom stereocenters. The lowest BCUT2D eigenvalue weighted by molar-refractivity contribution is 0.326. The van der Waals surface area contributed by atoms with Crippen molar-refractivity contribution in [2.45, 2.75) is 20.3 Å². The van der Waals surface area contributed by atoms with Gasteiger partial charge in [0, 0.05) is 34.3 Å². The van der Waals surface area contributed by atoms with Crippen molar-refractivity contribution < 1.29 is 4.21 Å². The number of rotatable bonds is 0. The molecule has 72 valence electrons. The zero-order valence-electron chi connectivity index (χ0n) is 8.30. The zero-order valence-corrected chi connectivity index (χ0v) is 9.12. The van der Waals surface area contributed by atoms with Crippen LogP contribution in [0, 0.1) is 5.41 Å². The molecule has 2 aliphatic rings. The summed E-state index contributed by atoms with van der Waals surface area (Å²) in [5.74, 6) is 1.94. The van der Waals surface area contributed by atoms with Crippen molar-refractivity contribution in [1.29, 1.82) is 0 Å². The van der Waals surface area contributed by atoms with Crippen molar-refractivity contribution in [2.75, 3.05) is 31.6 Å². The van der Waals surface area contributed by atoms with E-state index in [-0.39, 0.29) is 0 Å². The molecule has 2 rings (SSSR count). The summed E-state index contributed by atoms with van der Waals surface area (Å²) >= 11 is 0. The Hall–Kier alpha value is 0.110. The zero-order chi connectivity index (χ0) is 9.19. The van der Waals surface area contributed by atoms with Crippen molar-refractivity contribution in [2.24, 2.45) is 5.41 Å². The Labute approximate surface area is 77.8 Å². The maximum absolute atomic E-state index is 10.9. The largest absolute Gasteiger partial charge is 0.306 e. The number of hydrogen-bond donors (Lipinski definition) is 0. The number of likely N-dealkylation sites (tertiary alicyclic amines) is 1. The minimum atomic E-state index is -0.463. The predicted molar refractivity (Wildman–Crippen MR) is 53.8 cm³/mol. The van der Waals surface area contributed by atoms with Crippen LogP contribution in [0.2, 0.25) is 0 Å². The van der Waals surface area contributed by atoms with Crippen LogP contribution >= 0.6 is 0 Å². The molecule has 0 N–H and O–H groups in total. The van der Waals surface area contributed by atoms with Crippen molar-refractivity contribution in [1.82, 2.24) is 4.90 Å². The molecule has 1 spiro atoms. The summed E-state index contributed by atoms with van der Waals surface area (Å²) in [7, 11) is 1.69. The van der Waals surface area contributed by atoms with Gasteiger partial charge in [-0.2, -0.15) is 0 Å². The van der Waals surface area contributed by atoms with E-state index in [1.807, 2.05) is 13.8 Å². The van der Waals surface area contributed by atoms with Gasteiger partial charge in [0.15, 0.2) is 0 Å². The molecule has 2 aliphatic heterocycles. The van der Waals surface area contributed by atoms with Gasteiger partial charge in [0.25, 0.3) is 0 Å². The van der Waals surface area contributed by atoms with Crippen molar-refractivity contribution in [3.05, 3.63) is 0 Å². The highest BCUT2D eigenvalue weighted by Gasteiger charge is 2.46. The summed E-state index contributed by atoms with van der Waals surface area (Å²) < 4.78 is 10.9. The monoisotopic (exact) mass is 189 g/mol. The smallest absolute Gasteiger partial charge is 0.0313 e. The second-order valence-electron chi connectivity index (χ2n) is 3.72. The molecule has 0 aliphatic carbocycles. The van der Waals surface area contributed by atoms with E-state index in [0.29, 0.717) is 5.41 Å². The van der Waals surface area contributed by atoms with Crippen LogP contribution in [0.3, 0.4) is 0 Å². The molecule has 0 amide bonds. The molecular formula is C9H19NOS. The molecule has 0 aromatic carbocycles. The second kappa shape index (κ2) is 3.88. The van der Waals surface area contributed by atoms with Gasteiger partial charge in [0.1, 0.15) is 0 Å². The quantitative estimate of drug-likeness (QED) is 0.569. The maximum atomic E-state index is 10.9. The molecule has 0 aromatic heterocycles. The van der Waals surface area contributed by atoms with E-state index < -0.39 is 10.8 Å². The fraction of sp³-hybridized carbons (Fsp3) is 1.00. The van der Waals surface area contributed by atoms with Crippen LogP contribution in [-0.2, 0) is 10.8 Å². The number of nitrogens with zero attached hydrogens (tertiary/aromatic N) is 1. The highest BCUT2D eigenvalue weighted by molar-refractivity contribution is 7.86. The summed E-state index contributed by atoms with van der Waals surface area (Å²) in [5.41, 5.74) is 0.486. The lowest BCUT2D eigenvalue weighted by atomic mass is 9.91. The summed E-state index contributed by atoms with van der Waals surface area (Å²) in [4.78, 5) is 2.34. The molecule has 2 saturated heterocycles. The standard InChI is InChI=1S/C7H13NOS.C2H6/c1-8-3-2-7(4-8)5-10(9)6-7;1-2/h2-6H2,1H3;1-2H3. The lowest BCUT2D eigenvalue weighted by Gasteiger charge is -2.36. The van der Waals surface area contributed by atoms with E-state index in [1.54, 1.807) is 0 Å². The first kappa shape index (κ1) is 10.2. The molecule has 0 atom stereocenters. The van der Waals surface area contributed by atoms with Crippen molar-refractivity contribution in [3.63, 3.8) is 0 Å². The Bertz CT molecular complexity index is 173. The Morgan fingerprint density at radius 2 is 1.92 bits per heavy atom. The maximum Gasteiger partial charge on any atom is 0.0313 e. The fourth-order valence-electron chi connectivity index (χ4n) is 2.04. The highest BCUT2D eigenvalue weighted by atomic mass is 32.2. The van der Waals surface area contributed by atoms with E-state index >= 15 is 0 Å². The molecule has 12 heavy (non-hydrogen) atoms. The van der Waals surface area contributed by atoms with Gasteiger partial charge in [-0.1, -0.05) is 13.8 Å². The average molecular weight is 189 g/mol. The van der Waals surface area contributed by atoms with Crippen LogP contribution in [0.1, 0.15) is 20.3 Å². The Kier molecular flexibility index (Phi) is 3.29. The van der Waals surface area contributed by atoms with E-state index in [0.717, 1.165) is 11.5 Å². The van der Waals surface area contributed by atoms with Gasteiger partial charge in [-0.15, -0.1) is 0 Å². The Balaban J connectivity index is 0.000000336. The topological polar surface area (TPSA) is 20.3 Å². The average Bonchev–Trinajstić information content (AvgIpc) is 2.36. The Morgan fingerprint density at radius 3 is 2.25 bits per heavy atom. The second-order valence-corrected chi connectivity index (χ2v) is 5.17. The predicted octanol–water partition coefficient (Wildman–Crippen LogP) is 1.10. The van der Waals surface area contributed by atoms with Gasteiger partial charge in [-0.3, -0.25) is 4.21 Å². The molecule has 2 nitrogen and oxygen atoms in total. The van der Waals surface area contributed by atoms with Crippen molar-refractivity contribution >= 4 is 10.8 Å². The summed E-state index contributed by atoms with van der Waals surface area (Å²) in [6.07, 6.45) is 1.27. The van der Waals surface area contributed by atoms with E-state index in [9.17, 15) is 4.21 Å². The molecule has 0 bridgehead atoms. The molecular weight excluding hydrogens is 170 g/mol. The molecule has 2 heterocycles. The van der Waals surface area contributed by atoms with Crippen LogP contribution < -0.4 is 0 Å². The minimum absolute atomic E-state index is 0.463. The molecule has 0 saturated carbocycles. The van der Waals surface area contributed by atoms with Crippen LogP contribution in [-0.4, -0.2) is 40.8 Å². The van der Waals surface area contributed by atoms with E-state index in [2.05, 4.69) is 11.9 Å². The third-order valence-electron chi connectivity index (χ3n) is 2.56. The van der Waals surface area contributed by atoms with Crippen LogP contribution in [0.5, 0.6) is 0 Å². The first-order valence-corrected chi connectivity index (χ1v) is 6.23. The van der Waals surface area contributed by atoms with Gasteiger partial charge in [-0.25, -0.2) is 0 Å². The van der Waals surface area contributed by atoms with Gasteiger partial charge in [0.05, 0.1) is 0 Å². The SMILES string of the molecule is CC.CN1CCC2(C1)CS(=O)C2. The van der Waals surface area contributed by atoms with Crippen LogP contribution in [0.25, 0.3) is 0 Å². The number of hydrogen-bond acceptors (Lipinski definition) is 2. The van der Waals surface area contributed by atoms with Gasteiger partial charge >= 0.3 is 0 Å². The third kappa shape index (κ3) is 1.88. The summed E-state index contributed by atoms with van der Waals surface area (Å²) in [6.45, 7) is 6.38. The fourth-order valence-corrected chi connectivity index (χ4v) is 3.79. The summed E-state index contributed by atoms with van der Waals surface area (Å²) in [5, 5.41) is 0. The molecule has 2 fully saturated rings. The lowest BCUT2D eigenvalue weighted by Crippen LogP contribution is -2.46. The van der Waals surface area contributed by atoms with Crippen LogP contribution in [0.4, 0.5) is 0 Å². The van der Waals surface area contributed by atoms with Gasteiger partial charge in [-0.05, 0) is 20.0 Å². The van der Waals surface area contributed by atoms with Crippen LogP contribution in [0.15, 0.2) is 0 Å². The third-order valence-corrected chi connectivity index (χ3v) is 4.43. The van der Waals surface area contributed by atoms with E-state index in [4.69, 9.17) is 0 Å². The van der Waals surface area contributed by atoms with Gasteiger partial charge < -0.3 is 4.90 Å². The first-order valence-electron chi connectivity index (χ1n) is 4.74. The summed E-state index contributed by atoms with van der Waals surface area (Å²) in [6, 6.07) is 0. The van der Waals surface area contributed by atoms with Crippen molar-refractivity contribution in [3.8, 4) is 0 Å². The van der Waals surface area contributed by atoms with Gasteiger partial charge in [0.2, 0.25) is 0 Å². The normalized spacial score (nSPS) is 40.4. The first-order chi connectivity index (χ1) is 5.70. The minimum Gasteiger partial charge on any atom is -0.306 e. The molecule has 3 heteroatoms. The Morgan fingerprint density at radius 1 is 1.33 bits per heavy atom. The van der Waals surface area contributed by atoms with E-state index in [1.165, 1.54) is 19.5 Å². The molecule has 0 radical (unpaired) electrons.